The standard InChI is InChI=1S/C19H14O2.C19H12O2.C19H12O.C15H10Br2O.C15H12O.C4H4O/c2*20-19-13-7-3-1-5-11(13)17-15-9-10-16(21-15)18(17)12-6-2-4-8-14(12)19;20-19-17-11-5-3-9-15(17)13-7-1-2-8-14(13)16-10-4-6-12-18(16)19;16-13-9-5-1-3-7-11(9)15(18)12-8-4-2-6-10(12)14(13)17;16-15-13-7-3-1-5-11(13)9-10-12-6-2-4-8-14(12)15;1-2-4-5-3-1/h1-8,15-16H,9-10H2;1-10,15-16H;1-12H;1-8,13-14H;1-8H,9-10H2;1-4H. The van der Waals surface area contributed by atoms with Crippen LogP contribution in [0.4, 0.5) is 0 Å². The second-order valence-corrected chi connectivity index (χ2v) is 27.7. The minimum atomic E-state index is -0.0230. The van der Waals surface area contributed by atoms with E-state index in [0.29, 0.717) is 0 Å². The van der Waals surface area contributed by atoms with Crippen molar-refractivity contribution in [1.29, 1.82) is 0 Å². The molecule has 21 rings (SSSR count). The van der Waals surface area contributed by atoms with Gasteiger partial charge in [-0.1, -0.05) is 311 Å². The van der Waals surface area contributed by atoms with Crippen LogP contribution in [0, 0.1) is 0 Å². The molecule has 490 valence electrons. The van der Waals surface area contributed by atoms with Crippen LogP contribution in [-0.2, 0) is 22.3 Å². The smallest absolute Gasteiger partial charge is 0.194 e. The number of halogens is 2. The summed E-state index contributed by atoms with van der Waals surface area (Å²) in [6, 6.07) is 90.6. The Morgan fingerprint density at radius 3 is 0.881 bits per heavy atom. The highest BCUT2D eigenvalue weighted by atomic mass is 79.9. The van der Waals surface area contributed by atoms with Gasteiger partial charge in [-0.15, -0.1) is 0 Å². The van der Waals surface area contributed by atoms with Gasteiger partial charge >= 0.3 is 0 Å². The van der Waals surface area contributed by atoms with Crippen LogP contribution in [0.25, 0.3) is 75.4 Å². The van der Waals surface area contributed by atoms with Gasteiger partial charge in [0.1, 0.15) is 12.2 Å². The van der Waals surface area contributed by atoms with Crippen LogP contribution in [-0.4, -0.2) is 11.6 Å². The number of alkyl halides is 2. The summed E-state index contributed by atoms with van der Waals surface area (Å²) >= 11 is 7.40. The molecule has 1 saturated heterocycles. The predicted octanol–water partition coefficient (Wildman–Crippen LogP) is 21.9. The van der Waals surface area contributed by atoms with Gasteiger partial charge in [0.15, 0.2) is 27.9 Å². The van der Waals surface area contributed by atoms with Gasteiger partial charge in [-0.05, 0) is 125 Å². The highest BCUT2D eigenvalue weighted by molar-refractivity contribution is 9.12. The van der Waals surface area contributed by atoms with Crippen molar-refractivity contribution in [3.05, 3.63) is 401 Å². The lowest BCUT2D eigenvalue weighted by Crippen LogP contribution is -2.03. The maximum Gasteiger partial charge on any atom is 0.194 e. The molecular weight excluding hydrogens is 1380 g/mol. The van der Waals surface area contributed by atoms with Crippen molar-refractivity contribution < 1.29 is 23.5 Å². The molecule has 0 saturated carbocycles. The second kappa shape index (κ2) is 28.1. The van der Waals surface area contributed by atoms with E-state index < -0.39 is 0 Å². The number of ether oxygens (including phenoxy) is 2. The SMILES string of the molecule is O=C1c2ccccc2C(Br)C(Br)c2ccccc21.O=C1c2ccccc2CCc2ccccc21.O=c1c2ccccc2c2c(c3ccccc13)C1C=CC2O1.O=c1c2ccccc2c2c(c3ccccc13)C1CCC2O1.O=c1c2ccccc2c2ccccc2c2ccccc12.c1ccoc1. The topological polar surface area (TPSA) is 117 Å². The zero-order chi connectivity index (χ0) is 68.7. The first kappa shape index (κ1) is 64.8. The summed E-state index contributed by atoms with van der Waals surface area (Å²) in [7, 11) is 0. The summed E-state index contributed by atoms with van der Waals surface area (Å²) in [5, 5.41) is 13.2. The van der Waals surface area contributed by atoms with Crippen molar-refractivity contribution >= 4 is 119 Å². The number of rotatable bonds is 0. The lowest BCUT2D eigenvalue weighted by molar-refractivity contribution is 0.0725. The molecule has 4 aliphatic heterocycles. The van der Waals surface area contributed by atoms with Crippen LogP contribution in [0.15, 0.2) is 323 Å². The van der Waals surface area contributed by atoms with Gasteiger partial charge in [0, 0.05) is 54.6 Å². The van der Waals surface area contributed by atoms with Gasteiger partial charge in [-0.25, -0.2) is 0 Å². The van der Waals surface area contributed by atoms with E-state index in [9.17, 15) is 24.0 Å². The number of hydrogen-bond donors (Lipinski definition) is 0. The normalized spacial score (nSPS) is 18.1. The van der Waals surface area contributed by atoms with Crippen molar-refractivity contribution in [3.63, 3.8) is 0 Å². The molecule has 0 N–H and O–H groups in total. The average molecular weight is 1450 g/mol. The number of fused-ring (bicyclic) bond motifs is 27. The molecule has 15 aromatic rings. The Kier molecular flexibility index (Phi) is 18.0. The van der Waals surface area contributed by atoms with Crippen LogP contribution in [0.1, 0.15) is 123 Å². The molecule has 2 aliphatic carbocycles. The van der Waals surface area contributed by atoms with Crippen LogP contribution in [0.3, 0.4) is 0 Å². The molecule has 14 aromatic carbocycles. The van der Waals surface area contributed by atoms with E-state index in [1.807, 2.05) is 243 Å². The Labute approximate surface area is 599 Å². The van der Waals surface area contributed by atoms with Crippen molar-refractivity contribution in [2.45, 2.75) is 59.8 Å². The zero-order valence-corrected chi connectivity index (χ0v) is 57.9. The minimum absolute atomic E-state index is 0.0230. The summed E-state index contributed by atoms with van der Waals surface area (Å²) in [5.74, 6) is 0.274. The second-order valence-electron chi connectivity index (χ2n) is 25.8. The molecule has 1 aromatic heterocycles. The third-order valence-corrected chi connectivity index (χ3v) is 22.9. The molecule has 0 radical (unpaired) electrons. The highest BCUT2D eigenvalue weighted by Crippen LogP contribution is 2.54. The Balaban J connectivity index is 0.0000000965. The Bertz CT molecular complexity index is 5670. The van der Waals surface area contributed by atoms with Gasteiger partial charge < -0.3 is 13.9 Å². The largest absolute Gasteiger partial charge is 0.473 e. The molecule has 0 amide bonds. The predicted molar refractivity (Wildman–Crippen MR) is 414 cm³/mol. The first-order chi connectivity index (χ1) is 49.6. The number of carbonyl (C=O) groups is 2. The summed E-state index contributed by atoms with van der Waals surface area (Å²) < 4.78 is 16.7. The fraction of sp³-hybridized carbons (Fsp3) is 0.110. The number of hydrogen-bond acceptors (Lipinski definition) is 8. The van der Waals surface area contributed by atoms with Crippen molar-refractivity contribution in [3.8, 4) is 0 Å². The third kappa shape index (κ3) is 11.9. The van der Waals surface area contributed by atoms with E-state index in [4.69, 9.17) is 9.47 Å². The number of carbonyl (C=O) groups excluding carboxylic acids is 2. The number of furan rings is 1. The fourth-order valence-electron chi connectivity index (χ4n) is 15.5. The van der Waals surface area contributed by atoms with Crippen LogP contribution >= 0.6 is 31.9 Å². The first-order valence-corrected chi connectivity index (χ1v) is 35.9. The highest BCUT2D eigenvalue weighted by Gasteiger charge is 2.41. The Morgan fingerprint density at radius 2 is 0.535 bits per heavy atom. The molecule has 101 heavy (non-hydrogen) atoms. The lowest BCUT2D eigenvalue weighted by Gasteiger charge is -2.16. The molecule has 4 bridgehead atoms. The minimum Gasteiger partial charge on any atom is -0.473 e. The zero-order valence-electron chi connectivity index (χ0n) is 54.7. The van der Waals surface area contributed by atoms with Crippen molar-refractivity contribution in [1.82, 2.24) is 0 Å². The summed E-state index contributed by atoms with van der Waals surface area (Å²) in [6.07, 6.45) is 11.8. The summed E-state index contributed by atoms with van der Waals surface area (Å²) in [5.41, 5.74) is 12.9. The van der Waals surface area contributed by atoms with Crippen LogP contribution < -0.4 is 16.3 Å². The number of ketones is 2. The van der Waals surface area contributed by atoms with Crippen LogP contribution in [0.5, 0.6) is 0 Å². The molecule has 6 aliphatic rings. The van der Waals surface area contributed by atoms with E-state index in [1.54, 1.807) is 12.5 Å². The fourth-order valence-corrected chi connectivity index (χ4v) is 16.9. The van der Waals surface area contributed by atoms with Gasteiger partial charge in [-0.3, -0.25) is 24.0 Å². The maximum atomic E-state index is 12.9. The average Bonchev–Trinajstić information content (AvgIpc) is 1.58. The monoisotopic (exact) mass is 1440 g/mol. The molecular formula is C91H64Br2O8. The van der Waals surface area contributed by atoms with E-state index >= 15 is 0 Å². The van der Waals surface area contributed by atoms with E-state index in [1.165, 1.54) is 22.3 Å². The molecule has 10 heteroatoms. The third-order valence-electron chi connectivity index (χ3n) is 20.1. The van der Waals surface area contributed by atoms with E-state index in [2.05, 4.69) is 84.8 Å². The number of aryl methyl sites for hydroxylation is 2. The first-order valence-electron chi connectivity index (χ1n) is 34.1. The van der Waals surface area contributed by atoms with E-state index in [-0.39, 0.29) is 61.9 Å². The maximum absolute atomic E-state index is 12.9. The van der Waals surface area contributed by atoms with E-state index in [0.717, 1.165) is 146 Å². The Morgan fingerprint density at radius 1 is 0.267 bits per heavy atom. The molecule has 0 spiro atoms. The van der Waals surface area contributed by atoms with Crippen molar-refractivity contribution in [2.24, 2.45) is 0 Å². The molecule has 6 atom stereocenters. The van der Waals surface area contributed by atoms with Crippen molar-refractivity contribution in [2.75, 3.05) is 0 Å². The quantitative estimate of drug-likeness (QED) is 0.109. The van der Waals surface area contributed by atoms with Gasteiger partial charge in [0.25, 0.3) is 0 Å². The van der Waals surface area contributed by atoms with Gasteiger partial charge in [-0.2, -0.15) is 0 Å². The van der Waals surface area contributed by atoms with Gasteiger partial charge in [0.05, 0.1) is 34.4 Å². The lowest BCUT2D eigenvalue weighted by atomic mass is 9.89. The molecule has 5 heterocycles. The summed E-state index contributed by atoms with van der Waals surface area (Å²) in [4.78, 5) is 63.7. The molecule has 1 fully saturated rings. The van der Waals surface area contributed by atoms with Gasteiger partial charge in [0.2, 0.25) is 0 Å². The molecule has 8 nitrogen and oxygen atoms in total. The molecule has 6 unspecified atom stereocenters. The van der Waals surface area contributed by atoms with Crippen LogP contribution in [0.2, 0.25) is 0 Å². The Hall–Kier alpha value is -10.9. The summed E-state index contributed by atoms with van der Waals surface area (Å²) in [6.45, 7) is 0. The number of benzene rings is 11.